The van der Waals surface area contributed by atoms with Gasteiger partial charge in [0.05, 0.1) is 0 Å². The van der Waals surface area contributed by atoms with Crippen molar-refractivity contribution in [2.75, 3.05) is 19.8 Å². The van der Waals surface area contributed by atoms with Crippen LogP contribution < -0.4 is 0 Å². The maximum atomic E-state index is 6.35. The summed E-state index contributed by atoms with van der Waals surface area (Å²) in [6, 6.07) is 0. The Morgan fingerprint density at radius 2 is 1.63 bits per heavy atom. The van der Waals surface area contributed by atoms with Crippen molar-refractivity contribution in [3.05, 3.63) is 0 Å². The maximum absolute atomic E-state index is 6.35. The van der Waals surface area contributed by atoms with E-state index in [-0.39, 0.29) is 5.04 Å². The molecule has 0 N–H and O–H groups in total. The van der Waals surface area contributed by atoms with Crippen LogP contribution in [0.25, 0.3) is 0 Å². The summed E-state index contributed by atoms with van der Waals surface area (Å²) in [6.45, 7) is 8.57. The molecule has 0 aromatic rings. The highest BCUT2D eigenvalue weighted by Crippen LogP contribution is 2.65. The van der Waals surface area contributed by atoms with Gasteiger partial charge in [-0.15, -0.1) is 0 Å². The smallest absolute Gasteiger partial charge is 0.373 e. The highest BCUT2D eigenvalue weighted by molar-refractivity contribution is 6.64. The van der Waals surface area contributed by atoms with Gasteiger partial charge in [-0.25, -0.2) is 0 Å². The highest BCUT2D eigenvalue weighted by Gasteiger charge is 2.65. The first kappa shape index (κ1) is 15.5. The van der Waals surface area contributed by atoms with Gasteiger partial charge in [-0.3, -0.25) is 0 Å². The molecule has 112 valence electrons. The summed E-state index contributed by atoms with van der Waals surface area (Å²) in [4.78, 5) is 0. The molecule has 2 aliphatic rings. The van der Waals surface area contributed by atoms with Crippen LogP contribution in [0, 0.1) is 5.92 Å². The lowest BCUT2D eigenvalue weighted by Crippen LogP contribution is -2.55. The van der Waals surface area contributed by atoms with E-state index in [0.29, 0.717) is 13.2 Å². The lowest BCUT2D eigenvalue weighted by atomic mass is 10.0. The fraction of sp³-hybridized carbons (Fsp3) is 1.00. The van der Waals surface area contributed by atoms with Gasteiger partial charge in [0.1, 0.15) is 0 Å². The third kappa shape index (κ3) is 2.92. The average Bonchev–Trinajstić information content (AvgIpc) is 3.01. The molecule has 3 nitrogen and oxygen atoms in total. The summed E-state index contributed by atoms with van der Waals surface area (Å²) in [7, 11) is -2.51. The molecule has 0 aromatic heterocycles. The zero-order chi connectivity index (χ0) is 13.8. The van der Waals surface area contributed by atoms with Gasteiger partial charge in [0, 0.05) is 24.9 Å². The molecule has 2 bridgehead atoms. The van der Waals surface area contributed by atoms with Gasteiger partial charge in [-0.05, 0) is 58.3 Å². The van der Waals surface area contributed by atoms with Crippen LogP contribution in [0.1, 0.15) is 65.7 Å². The first-order valence-electron chi connectivity index (χ1n) is 8.14. The molecule has 0 unspecified atom stereocenters. The minimum Gasteiger partial charge on any atom is -0.373 e. The van der Waals surface area contributed by atoms with Gasteiger partial charge in [0.2, 0.25) is 0 Å². The minimum absolute atomic E-state index is 0.247. The van der Waals surface area contributed by atoms with E-state index < -0.39 is 8.80 Å². The predicted octanol–water partition coefficient (Wildman–Crippen LogP) is 4.15. The summed E-state index contributed by atoms with van der Waals surface area (Å²) < 4.78 is 18.8. The summed E-state index contributed by atoms with van der Waals surface area (Å²) >= 11 is 0. The van der Waals surface area contributed by atoms with Crippen molar-refractivity contribution in [2.45, 2.75) is 70.8 Å². The topological polar surface area (TPSA) is 27.7 Å². The third-order valence-corrected chi connectivity index (χ3v) is 8.77. The van der Waals surface area contributed by atoms with Gasteiger partial charge in [-0.1, -0.05) is 13.3 Å². The zero-order valence-corrected chi connectivity index (χ0v) is 13.9. The lowest BCUT2D eigenvalue weighted by molar-refractivity contribution is 0.0389. The number of hydrogen-bond donors (Lipinski definition) is 0. The highest BCUT2D eigenvalue weighted by atomic mass is 28.4. The lowest BCUT2D eigenvalue weighted by Gasteiger charge is -2.42. The van der Waals surface area contributed by atoms with Crippen molar-refractivity contribution < 1.29 is 13.3 Å². The summed E-state index contributed by atoms with van der Waals surface area (Å²) in [5.41, 5.74) is 0. The Morgan fingerprint density at radius 3 is 2.05 bits per heavy atom. The van der Waals surface area contributed by atoms with Crippen LogP contribution >= 0.6 is 0 Å². The third-order valence-electron chi connectivity index (χ3n) is 4.85. The molecule has 4 heteroatoms. The van der Waals surface area contributed by atoms with E-state index in [4.69, 9.17) is 13.3 Å². The molecule has 2 aliphatic carbocycles. The Morgan fingerprint density at radius 1 is 1.00 bits per heavy atom. The number of hydrogen-bond acceptors (Lipinski definition) is 3. The summed E-state index contributed by atoms with van der Waals surface area (Å²) in [6.07, 6.45) is 8.78. The average molecular weight is 286 g/mol. The fourth-order valence-corrected chi connectivity index (χ4v) is 7.72. The molecule has 0 amide bonds. The van der Waals surface area contributed by atoms with Crippen molar-refractivity contribution in [1.29, 1.82) is 0 Å². The SMILES string of the molecule is CCCCO[Si](OCC)(OCC)C12CCC(CC1)C2. The molecule has 0 heterocycles. The predicted molar refractivity (Wildman–Crippen MR) is 79.1 cm³/mol. The van der Waals surface area contributed by atoms with E-state index in [1.54, 1.807) is 0 Å². The molecule has 0 aromatic carbocycles. The molecule has 0 spiro atoms. The first-order chi connectivity index (χ1) is 9.22. The van der Waals surface area contributed by atoms with Crippen LogP contribution in [0.15, 0.2) is 0 Å². The quantitative estimate of drug-likeness (QED) is 0.471. The number of rotatable bonds is 9. The molecule has 19 heavy (non-hydrogen) atoms. The van der Waals surface area contributed by atoms with Gasteiger partial charge < -0.3 is 13.3 Å². The maximum Gasteiger partial charge on any atom is 0.507 e. The van der Waals surface area contributed by atoms with Crippen LogP contribution in [0.5, 0.6) is 0 Å². The van der Waals surface area contributed by atoms with Gasteiger partial charge in [0.15, 0.2) is 0 Å². The van der Waals surface area contributed by atoms with Gasteiger partial charge in [-0.2, -0.15) is 0 Å². The zero-order valence-electron chi connectivity index (χ0n) is 12.9. The van der Waals surface area contributed by atoms with E-state index in [1.165, 1.54) is 38.5 Å². The molecule has 0 saturated heterocycles. The largest absolute Gasteiger partial charge is 0.507 e. The Kier molecular flexibility index (Phi) is 5.46. The molecule has 2 rings (SSSR count). The van der Waals surface area contributed by atoms with Crippen LogP contribution in [-0.4, -0.2) is 28.6 Å². The van der Waals surface area contributed by atoms with Gasteiger partial charge in [0.25, 0.3) is 0 Å². The summed E-state index contributed by atoms with van der Waals surface area (Å²) in [5, 5.41) is 0.247. The van der Waals surface area contributed by atoms with Crippen molar-refractivity contribution in [2.24, 2.45) is 5.92 Å². The van der Waals surface area contributed by atoms with Crippen molar-refractivity contribution in [1.82, 2.24) is 0 Å². The Hall–Kier alpha value is 0.0969. The van der Waals surface area contributed by atoms with Crippen LogP contribution in [0.4, 0.5) is 0 Å². The van der Waals surface area contributed by atoms with Crippen LogP contribution in [0.2, 0.25) is 5.04 Å². The second kappa shape index (κ2) is 6.70. The number of fused-ring (bicyclic) bond motifs is 2. The van der Waals surface area contributed by atoms with E-state index in [0.717, 1.165) is 18.9 Å². The van der Waals surface area contributed by atoms with Crippen LogP contribution in [-0.2, 0) is 13.3 Å². The van der Waals surface area contributed by atoms with E-state index in [1.807, 2.05) is 0 Å². The minimum atomic E-state index is -2.51. The molecule has 0 atom stereocenters. The van der Waals surface area contributed by atoms with E-state index >= 15 is 0 Å². The van der Waals surface area contributed by atoms with E-state index in [2.05, 4.69) is 20.8 Å². The Balaban J connectivity index is 2.15. The van der Waals surface area contributed by atoms with Crippen molar-refractivity contribution in [3.63, 3.8) is 0 Å². The second-order valence-electron chi connectivity index (χ2n) is 6.05. The summed E-state index contributed by atoms with van der Waals surface area (Å²) in [5.74, 6) is 0.905. The normalized spacial score (nSPS) is 30.2. The van der Waals surface area contributed by atoms with Gasteiger partial charge >= 0.3 is 8.80 Å². The van der Waals surface area contributed by atoms with E-state index in [9.17, 15) is 0 Å². The Bertz CT molecular complexity index is 269. The van der Waals surface area contributed by atoms with Crippen LogP contribution in [0.3, 0.4) is 0 Å². The second-order valence-corrected chi connectivity index (χ2v) is 9.09. The molecule has 0 radical (unpaired) electrons. The molecular formula is C15H30O3Si. The van der Waals surface area contributed by atoms with Crippen molar-refractivity contribution >= 4 is 8.80 Å². The number of unbranched alkanes of at least 4 members (excludes halogenated alkanes) is 1. The standard InChI is InChI=1S/C15H30O3Si/c1-4-7-12-18-19(16-5-2,17-6-3)15-10-8-14(13-15)9-11-15/h14H,4-13H2,1-3H3. The molecule has 2 saturated carbocycles. The molecule has 0 aliphatic heterocycles. The monoisotopic (exact) mass is 286 g/mol. The Labute approximate surface area is 119 Å². The van der Waals surface area contributed by atoms with Crippen molar-refractivity contribution in [3.8, 4) is 0 Å². The molecule has 2 fully saturated rings. The first-order valence-corrected chi connectivity index (χ1v) is 9.86. The molecular weight excluding hydrogens is 256 g/mol. The fourth-order valence-electron chi connectivity index (χ4n) is 3.94.